The summed E-state index contributed by atoms with van der Waals surface area (Å²) in [5.74, 6) is 2.12. The quantitative estimate of drug-likeness (QED) is 0.884. The number of nitrogens with zero attached hydrogens (tertiary/aromatic N) is 1. The van der Waals surface area contributed by atoms with Crippen LogP contribution in [0.25, 0.3) is 0 Å². The fourth-order valence-corrected chi connectivity index (χ4v) is 2.77. The molecule has 2 heterocycles. The lowest BCUT2D eigenvalue weighted by molar-refractivity contribution is -0.0718. The minimum Gasteiger partial charge on any atom is -0.463 e. The van der Waals surface area contributed by atoms with Crippen molar-refractivity contribution >= 4 is 0 Å². The average molecular weight is 264 g/mol. The van der Waals surface area contributed by atoms with Gasteiger partial charge in [-0.3, -0.25) is 4.90 Å². The predicted molar refractivity (Wildman–Crippen MR) is 73.9 cm³/mol. The number of nitrogens with one attached hydrogen (secondary N) is 1. The second kappa shape index (κ2) is 5.65. The average Bonchev–Trinajstić information content (AvgIpc) is 3.06. The summed E-state index contributed by atoms with van der Waals surface area (Å²) in [6.45, 7) is 8.00. The van der Waals surface area contributed by atoms with Gasteiger partial charge in [-0.05, 0) is 38.8 Å². The van der Waals surface area contributed by atoms with Gasteiger partial charge in [-0.25, -0.2) is 0 Å². The Morgan fingerprint density at radius 3 is 2.53 bits per heavy atom. The number of rotatable bonds is 5. The van der Waals surface area contributed by atoms with E-state index in [1.807, 2.05) is 0 Å². The molecule has 0 radical (unpaired) electrons. The molecule has 4 nitrogen and oxygen atoms in total. The molecular weight excluding hydrogens is 240 g/mol. The van der Waals surface area contributed by atoms with E-state index in [0.717, 1.165) is 43.7 Å². The molecule has 0 amide bonds. The maximum absolute atomic E-state index is 5.89. The SMILES string of the molecule is CC1CN(Cc2ccc(CNC3CC3)o2)CC(C)O1. The Balaban J connectivity index is 1.51. The van der Waals surface area contributed by atoms with Crippen molar-refractivity contribution in [3.05, 3.63) is 23.7 Å². The fraction of sp³-hybridized carbons (Fsp3) is 0.733. The third-order valence-corrected chi connectivity index (χ3v) is 3.73. The number of morpholine rings is 1. The molecule has 19 heavy (non-hydrogen) atoms. The highest BCUT2D eigenvalue weighted by molar-refractivity contribution is 5.07. The lowest BCUT2D eigenvalue weighted by Crippen LogP contribution is -2.44. The van der Waals surface area contributed by atoms with Gasteiger partial charge in [0.05, 0.1) is 25.3 Å². The van der Waals surface area contributed by atoms with Crippen LogP contribution in [-0.4, -0.2) is 36.2 Å². The standard InChI is InChI=1S/C15H24N2O2/c1-11-8-17(9-12(2)18-11)10-15-6-5-14(19-15)7-16-13-3-4-13/h5-6,11-13,16H,3-4,7-10H2,1-2H3. The van der Waals surface area contributed by atoms with Crippen LogP contribution in [0.2, 0.25) is 0 Å². The molecule has 2 fully saturated rings. The Bertz CT molecular complexity index is 404. The number of furan rings is 1. The molecule has 2 unspecified atom stereocenters. The Labute approximate surface area is 115 Å². The number of hydrogen-bond donors (Lipinski definition) is 1. The van der Waals surface area contributed by atoms with Gasteiger partial charge in [-0.15, -0.1) is 0 Å². The lowest BCUT2D eigenvalue weighted by Gasteiger charge is -2.34. The molecule has 1 aromatic rings. The first-order valence-electron chi connectivity index (χ1n) is 7.38. The molecule has 0 bridgehead atoms. The zero-order valence-electron chi connectivity index (χ0n) is 11.9. The summed E-state index contributed by atoms with van der Waals surface area (Å²) in [5, 5.41) is 3.48. The monoisotopic (exact) mass is 264 g/mol. The van der Waals surface area contributed by atoms with Crippen LogP contribution in [0, 0.1) is 0 Å². The third kappa shape index (κ3) is 3.81. The van der Waals surface area contributed by atoms with E-state index in [9.17, 15) is 0 Å². The predicted octanol–water partition coefficient (Wildman–Crippen LogP) is 2.14. The summed E-state index contributed by atoms with van der Waals surface area (Å²) in [7, 11) is 0. The largest absolute Gasteiger partial charge is 0.463 e. The van der Waals surface area contributed by atoms with E-state index >= 15 is 0 Å². The summed E-state index contributed by atoms with van der Waals surface area (Å²) in [4.78, 5) is 2.41. The van der Waals surface area contributed by atoms with Crippen molar-refractivity contribution in [2.45, 2.75) is 58.0 Å². The van der Waals surface area contributed by atoms with E-state index in [1.165, 1.54) is 12.8 Å². The second-order valence-corrected chi connectivity index (χ2v) is 5.97. The highest BCUT2D eigenvalue weighted by Crippen LogP contribution is 2.20. The van der Waals surface area contributed by atoms with Gasteiger partial charge < -0.3 is 14.5 Å². The first kappa shape index (κ1) is 13.2. The maximum atomic E-state index is 5.89. The van der Waals surface area contributed by atoms with E-state index in [1.54, 1.807) is 0 Å². The molecule has 4 heteroatoms. The van der Waals surface area contributed by atoms with E-state index in [-0.39, 0.29) is 0 Å². The van der Waals surface area contributed by atoms with Crippen molar-refractivity contribution in [2.24, 2.45) is 0 Å². The van der Waals surface area contributed by atoms with Gasteiger partial charge in [-0.2, -0.15) is 0 Å². The van der Waals surface area contributed by atoms with E-state index in [2.05, 4.69) is 36.2 Å². The molecule has 1 aromatic heterocycles. The molecule has 3 rings (SSSR count). The molecule has 1 aliphatic carbocycles. The third-order valence-electron chi connectivity index (χ3n) is 3.73. The van der Waals surface area contributed by atoms with Crippen molar-refractivity contribution in [3.63, 3.8) is 0 Å². The van der Waals surface area contributed by atoms with Gasteiger partial charge in [0.25, 0.3) is 0 Å². The molecule has 0 spiro atoms. The highest BCUT2D eigenvalue weighted by Gasteiger charge is 2.23. The molecule has 1 aliphatic heterocycles. The molecule has 2 aliphatic rings. The van der Waals surface area contributed by atoms with Crippen LogP contribution < -0.4 is 5.32 Å². The minimum atomic E-state index is 0.315. The van der Waals surface area contributed by atoms with E-state index in [0.29, 0.717) is 12.2 Å². The number of ether oxygens (including phenoxy) is 1. The number of hydrogen-bond acceptors (Lipinski definition) is 4. The fourth-order valence-electron chi connectivity index (χ4n) is 2.77. The first-order valence-corrected chi connectivity index (χ1v) is 7.38. The van der Waals surface area contributed by atoms with Gasteiger partial charge in [-0.1, -0.05) is 0 Å². The molecule has 1 N–H and O–H groups in total. The summed E-state index contributed by atoms with van der Waals surface area (Å²) >= 11 is 0. The van der Waals surface area contributed by atoms with Gasteiger partial charge in [0.1, 0.15) is 11.5 Å². The maximum Gasteiger partial charge on any atom is 0.118 e. The zero-order valence-corrected chi connectivity index (χ0v) is 11.9. The van der Waals surface area contributed by atoms with Gasteiger partial charge >= 0.3 is 0 Å². The lowest BCUT2D eigenvalue weighted by atomic mass is 10.2. The van der Waals surface area contributed by atoms with Crippen LogP contribution in [0.4, 0.5) is 0 Å². The van der Waals surface area contributed by atoms with E-state index in [4.69, 9.17) is 9.15 Å². The second-order valence-electron chi connectivity index (χ2n) is 5.97. The van der Waals surface area contributed by atoms with Gasteiger partial charge in [0.15, 0.2) is 0 Å². The molecule has 1 saturated carbocycles. The molecular formula is C15H24N2O2. The Morgan fingerprint density at radius 1 is 1.16 bits per heavy atom. The Kier molecular flexibility index (Phi) is 3.91. The van der Waals surface area contributed by atoms with Crippen LogP contribution in [0.1, 0.15) is 38.2 Å². The summed E-state index contributed by atoms with van der Waals surface area (Å²) in [6, 6.07) is 4.93. The van der Waals surface area contributed by atoms with Crippen LogP contribution in [0.15, 0.2) is 16.5 Å². The molecule has 106 valence electrons. The summed E-state index contributed by atoms with van der Waals surface area (Å²) in [5.41, 5.74) is 0. The molecule has 2 atom stereocenters. The molecule has 0 aromatic carbocycles. The van der Waals surface area contributed by atoms with Crippen LogP contribution >= 0.6 is 0 Å². The zero-order chi connectivity index (χ0) is 13.2. The summed E-state index contributed by atoms with van der Waals surface area (Å²) in [6.07, 6.45) is 3.26. The first-order chi connectivity index (χ1) is 9.19. The van der Waals surface area contributed by atoms with Crippen molar-refractivity contribution in [2.75, 3.05) is 13.1 Å². The Morgan fingerprint density at radius 2 is 1.84 bits per heavy atom. The van der Waals surface area contributed by atoms with Crippen LogP contribution in [0.5, 0.6) is 0 Å². The van der Waals surface area contributed by atoms with Gasteiger partial charge in [0, 0.05) is 19.1 Å². The van der Waals surface area contributed by atoms with Crippen LogP contribution in [-0.2, 0) is 17.8 Å². The van der Waals surface area contributed by atoms with Crippen molar-refractivity contribution in [1.29, 1.82) is 0 Å². The normalized spacial score (nSPS) is 28.7. The topological polar surface area (TPSA) is 37.6 Å². The van der Waals surface area contributed by atoms with Crippen molar-refractivity contribution in [3.8, 4) is 0 Å². The summed E-state index contributed by atoms with van der Waals surface area (Å²) < 4.78 is 11.6. The van der Waals surface area contributed by atoms with Gasteiger partial charge in [0.2, 0.25) is 0 Å². The Hall–Kier alpha value is -0.840. The van der Waals surface area contributed by atoms with Crippen molar-refractivity contribution < 1.29 is 9.15 Å². The minimum absolute atomic E-state index is 0.315. The molecule has 1 saturated heterocycles. The van der Waals surface area contributed by atoms with E-state index < -0.39 is 0 Å². The smallest absolute Gasteiger partial charge is 0.118 e. The van der Waals surface area contributed by atoms with Crippen LogP contribution in [0.3, 0.4) is 0 Å². The highest BCUT2D eigenvalue weighted by atomic mass is 16.5. The van der Waals surface area contributed by atoms with Crippen molar-refractivity contribution in [1.82, 2.24) is 10.2 Å².